The highest BCUT2D eigenvalue weighted by atomic mass is 32.2. The first kappa shape index (κ1) is 126. The fourth-order valence-corrected chi connectivity index (χ4v) is 22.0. The number of benzene rings is 7. The van der Waals surface area contributed by atoms with Gasteiger partial charge in [-0.05, 0) is 175 Å². The number of quaternary nitrogens is 2. The molecule has 7 N–H and O–H groups in total. The summed E-state index contributed by atoms with van der Waals surface area (Å²) in [5, 5.41) is 36.8. The first-order valence-corrected chi connectivity index (χ1v) is 56.6. The van der Waals surface area contributed by atoms with Crippen LogP contribution in [0, 0.1) is 11.8 Å². The van der Waals surface area contributed by atoms with Gasteiger partial charge in [0.25, 0.3) is 10.0 Å². The Morgan fingerprint density at radius 3 is 1.27 bits per heavy atom. The maximum absolute atomic E-state index is 14.0. The predicted molar refractivity (Wildman–Crippen MR) is 568 cm³/mol. The average molecular weight is 2080 g/mol. The van der Waals surface area contributed by atoms with Crippen molar-refractivity contribution in [1.82, 2.24) is 24.1 Å². The summed E-state index contributed by atoms with van der Waals surface area (Å²) < 4.78 is 150. The van der Waals surface area contributed by atoms with E-state index in [1.807, 2.05) is 54.6 Å². The van der Waals surface area contributed by atoms with Gasteiger partial charge < -0.3 is 63.6 Å². The molecule has 1 saturated carbocycles. The third-order valence-corrected chi connectivity index (χ3v) is 30.9. The Balaban J connectivity index is 0.000000300. The molecule has 1 aromatic heterocycles. The first-order chi connectivity index (χ1) is 69.4. The second-order valence-electron chi connectivity index (χ2n) is 37.2. The van der Waals surface area contributed by atoms with Gasteiger partial charge in [0.15, 0.2) is 21.2 Å². The number of H-pyrrole nitrogens is 1. The summed E-state index contributed by atoms with van der Waals surface area (Å²) in [5.41, 5.74) is 7.15. The number of unbranched alkanes of at least 4 members (excludes halogenated alkanes) is 10. The highest BCUT2D eigenvalue weighted by Crippen LogP contribution is 2.53. The van der Waals surface area contributed by atoms with E-state index in [1.165, 1.54) is 192 Å². The van der Waals surface area contributed by atoms with Gasteiger partial charge in [0, 0.05) is 62.6 Å². The second kappa shape index (κ2) is 71.6. The SMILES string of the molecule is CCCCC[N+](CCCCC)(CCCCC)CC(=O)O.CCCC[N+](CCCC)(CCCC)CCCC.O=C(O)c1ccccc1.OCCCN(CCOCCOCCO)CCOCCOCCO.[NH-]S(=O)(=O)C(F)(F)C(F)(F)C(F)(F)S(=O)(=O)N1CCC2CCCCC2C1.c1ccc(-c2nc(-c3ccccc3)c(-c3ccccc3)[nH]2)cc1.c1ccc([S+](c2ccccc2)c2cccc(CN3CCCCC3)c2)cc1. The van der Waals surface area contributed by atoms with Gasteiger partial charge in [-0.2, -0.15) is 30.6 Å². The molecule has 0 spiro atoms. The van der Waals surface area contributed by atoms with Crippen molar-refractivity contribution in [2.75, 3.05) is 171 Å². The molecule has 3 fully saturated rings. The normalized spacial score (nSPS) is 14.8. The van der Waals surface area contributed by atoms with Gasteiger partial charge in [-0.15, -0.1) is 0 Å². The number of aromatic nitrogens is 2. The van der Waals surface area contributed by atoms with Gasteiger partial charge >= 0.3 is 28.4 Å². The molecule has 11 rings (SSSR count). The lowest BCUT2D eigenvalue weighted by atomic mass is 9.76. The third kappa shape index (κ3) is 45.2. The maximum Gasteiger partial charge on any atom is 0.428 e. The number of aliphatic hydroxyl groups is 3. The molecule has 0 bridgehead atoms. The molecule has 2 unspecified atom stereocenters. The van der Waals surface area contributed by atoms with Crippen molar-refractivity contribution in [3.05, 3.63) is 223 Å². The van der Waals surface area contributed by atoms with E-state index in [0.29, 0.717) is 77.8 Å². The lowest BCUT2D eigenvalue weighted by Gasteiger charge is -2.42. The van der Waals surface area contributed by atoms with Crippen LogP contribution in [0.2, 0.25) is 0 Å². The highest BCUT2D eigenvalue weighted by Gasteiger charge is 2.80. The smallest absolute Gasteiger partial charge is 0.428 e. The van der Waals surface area contributed by atoms with Gasteiger partial charge in [0.05, 0.1) is 140 Å². The van der Waals surface area contributed by atoms with Gasteiger partial charge in [-0.25, -0.2) is 31.4 Å². The summed E-state index contributed by atoms with van der Waals surface area (Å²) >= 11 is 0. The zero-order chi connectivity index (χ0) is 105. The fraction of sp³-hybridized carbons (Fsp3) is 0.580. The van der Waals surface area contributed by atoms with Crippen LogP contribution in [0.1, 0.15) is 231 Å². The van der Waals surface area contributed by atoms with Crippen LogP contribution in [0.3, 0.4) is 0 Å². The van der Waals surface area contributed by atoms with Crippen LogP contribution in [0.25, 0.3) is 39.0 Å². The van der Waals surface area contributed by atoms with Crippen molar-refractivity contribution >= 4 is 42.9 Å². The van der Waals surface area contributed by atoms with Gasteiger partial charge in [-0.3, -0.25) is 9.80 Å². The molecule has 2 saturated heterocycles. The molecule has 23 nitrogen and oxygen atoms in total. The van der Waals surface area contributed by atoms with E-state index in [2.05, 4.69) is 185 Å². The molecule has 32 heteroatoms. The third-order valence-electron chi connectivity index (χ3n) is 25.9. The van der Waals surface area contributed by atoms with E-state index in [1.54, 1.807) is 30.3 Å². The van der Waals surface area contributed by atoms with E-state index in [0.717, 1.165) is 103 Å². The number of sulfonamides is 2. The molecule has 7 aromatic carbocycles. The van der Waals surface area contributed by atoms with E-state index in [9.17, 15) is 57.9 Å². The number of aromatic amines is 1. The number of carboxylic acids is 2. The number of aromatic carboxylic acids is 1. The summed E-state index contributed by atoms with van der Waals surface area (Å²) in [5.74, 6) is -7.74. The number of hydrogen-bond donors (Lipinski definition) is 6. The van der Waals surface area contributed by atoms with Crippen LogP contribution in [-0.2, 0) is 61.2 Å². The lowest BCUT2D eigenvalue weighted by Crippen LogP contribution is -2.63. The molecule has 2 aliphatic heterocycles. The molecule has 144 heavy (non-hydrogen) atoms. The number of carbonyl (C=O) groups is 2. The topological polar surface area (TPSA) is 303 Å². The Kier molecular flexibility index (Phi) is 62.9. The Bertz CT molecular complexity index is 4710. The van der Waals surface area contributed by atoms with Crippen molar-refractivity contribution in [3.8, 4) is 33.9 Å². The second-order valence-corrected chi connectivity index (χ2v) is 42.7. The van der Waals surface area contributed by atoms with E-state index < -0.39 is 61.5 Å². The molecular weight excluding hydrogens is 1910 g/mol. The molecule has 0 amide bonds. The number of nitrogens with zero attached hydrogens (tertiary/aromatic N) is 6. The predicted octanol–water partition coefficient (Wildman–Crippen LogP) is 23.8. The number of alkyl halides is 6. The van der Waals surface area contributed by atoms with Crippen LogP contribution < -0.4 is 0 Å². The zero-order valence-corrected chi connectivity index (χ0v) is 89.2. The van der Waals surface area contributed by atoms with E-state index in [-0.39, 0.29) is 53.3 Å². The minimum Gasteiger partial charge on any atom is -0.559 e. The first-order valence-electron chi connectivity index (χ1n) is 52.5. The van der Waals surface area contributed by atoms with Crippen molar-refractivity contribution in [3.63, 3.8) is 0 Å². The zero-order valence-electron chi connectivity index (χ0n) is 86.8. The van der Waals surface area contributed by atoms with Gasteiger partial charge in [0.1, 0.15) is 15.8 Å². The number of fused-ring (bicyclic) bond motifs is 1. The number of imidazole rings is 1. The van der Waals surface area contributed by atoms with Crippen molar-refractivity contribution in [1.29, 1.82) is 0 Å². The molecule has 3 aliphatic rings. The quantitative estimate of drug-likeness (QED) is 0.00893. The van der Waals surface area contributed by atoms with Crippen LogP contribution >= 0.6 is 0 Å². The Morgan fingerprint density at radius 1 is 0.444 bits per heavy atom. The number of piperidine rings is 2. The van der Waals surface area contributed by atoms with Crippen LogP contribution in [0.15, 0.2) is 221 Å². The Morgan fingerprint density at radius 2 is 0.854 bits per heavy atom. The summed E-state index contributed by atoms with van der Waals surface area (Å²) in [4.78, 5) is 38.8. The summed E-state index contributed by atoms with van der Waals surface area (Å²) in [6.07, 6.45) is 29.6. The van der Waals surface area contributed by atoms with E-state index >= 15 is 0 Å². The van der Waals surface area contributed by atoms with Crippen molar-refractivity contribution < 1.29 is 106 Å². The molecule has 3 heterocycles. The van der Waals surface area contributed by atoms with E-state index in [4.69, 9.17) is 49.5 Å². The number of aliphatic carboxylic acids is 1. The number of aliphatic hydroxyl groups excluding tert-OH is 3. The van der Waals surface area contributed by atoms with Crippen LogP contribution in [0.5, 0.6) is 0 Å². The fourth-order valence-electron chi connectivity index (χ4n) is 17.8. The van der Waals surface area contributed by atoms with Crippen LogP contribution in [-0.4, -0.2) is 275 Å². The minimum atomic E-state index is -6.82. The molecule has 0 radical (unpaired) electrons. The molecule has 1 aliphatic carbocycles. The number of likely N-dealkylation sites (tertiary alicyclic amines) is 1. The van der Waals surface area contributed by atoms with Crippen molar-refractivity contribution in [2.24, 2.45) is 11.8 Å². The number of halogens is 6. The Hall–Kier alpha value is -8.00. The number of hydrogen-bond acceptors (Lipinski definition) is 16. The largest absolute Gasteiger partial charge is 0.559 e. The molecule has 2 atom stereocenters. The number of carboxylic acid groups (broad SMARTS) is 2. The highest BCUT2D eigenvalue weighted by molar-refractivity contribution is 7.97. The summed E-state index contributed by atoms with van der Waals surface area (Å²) in [7, 11) is -13.1. The number of nitrogens with one attached hydrogen (secondary N) is 2. The van der Waals surface area contributed by atoms with Crippen LogP contribution in [0.4, 0.5) is 26.3 Å². The summed E-state index contributed by atoms with van der Waals surface area (Å²) in [6.45, 7) is 34.0. The standard InChI is InChI=1S/C24H26NS.C21H16N2.C17H35NO2.C16H36N.C15H33NO7.C12H17F6N2O4S2.C7H6O2/c1-4-12-22(13-5-1)26(23-14-6-2-7-15-23)24-16-10-11-21(19-24)20-25-17-8-3-9-18-25;1-4-10-16(11-5-1)19-20(17-12-6-2-7-13-17)23-21(22-19)18-14-8-3-9-15-18;1-4-7-10-13-18(16-17(19)20,14-11-8-5-2)15-12-9-6-3;1-5-9-13-17(14-10-6-2,15-11-7-3)16-12-8-4;17-5-1-2-16(3-8-20-12-14-22-10-6-18)4-9-21-13-15-23-11-7-19;13-10(14,11(15,16)25(19,21)22)12(17,18)26(23,24)20-6-5-8-3-1-2-4-9(8)7-20;8-7(9)6-4-2-1-3-5-6/h1-2,4-7,10-16,19H,3,8-9,17-18,20H2;1-15H,(H,22,23);4-16H2,1-3H3;5-16H2,1-4H3;17-19H,1-15H2;8-9H,1-7H2,(H-,19,21,22);1-5H,(H,8,9)/q+1;;;+1;;-1;/p+1. The van der Waals surface area contributed by atoms with Gasteiger partial charge in [0.2, 0.25) is 0 Å². The minimum absolute atomic E-state index is 0.0278. The molecule has 8 aromatic rings. The van der Waals surface area contributed by atoms with Gasteiger partial charge in [-0.1, -0.05) is 277 Å². The summed E-state index contributed by atoms with van der Waals surface area (Å²) in [6, 6.07) is 70.2. The lowest BCUT2D eigenvalue weighted by molar-refractivity contribution is -0.929. The average Bonchev–Trinajstić information content (AvgIpc) is 0.718. The van der Waals surface area contributed by atoms with Crippen molar-refractivity contribution in [2.45, 2.75) is 253 Å². The number of ether oxygens (including phenoxy) is 4. The monoisotopic (exact) mass is 2080 g/mol. The number of rotatable bonds is 59. The Labute approximate surface area is 860 Å². The molecular formula is C112H170F6N8O15S3+2. The maximum atomic E-state index is 14.0. The molecule has 806 valence electrons.